The highest BCUT2D eigenvalue weighted by atomic mass is 16.5. The Kier molecular flexibility index (Phi) is 4.62. The number of nitriles is 1. The lowest BCUT2D eigenvalue weighted by Gasteiger charge is -2.06. The summed E-state index contributed by atoms with van der Waals surface area (Å²) in [4.78, 5) is 11.8. The molecule has 0 radical (unpaired) electrons. The van der Waals surface area contributed by atoms with E-state index in [4.69, 9.17) is 10.00 Å². The minimum Gasteiger partial charge on any atom is -0.406 e. The number of hydrogen-bond donors (Lipinski definition) is 0. The molecule has 2 aromatic rings. The second-order valence-electron chi connectivity index (χ2n) is 4.92. The van der Waals surface area contributed by atoms with Gasteiger partial charge in [0, 0.05) is 6.07 Å². The Balaban J connectivity index is 1.96. The van der Waals surface area contributed by atoms with Crippen LogP contribution in [-0.4, -0.2) is 16.2 Å². The third-order valence-electron chi connectivity index (χ3n) is 2.97. The lowest BCUT2D eigenvalue weighted by Crippen LogP contribution is -2.12. The Bertz CT molecular complexity index is 655. The van der Waals surface area contributed by atoms with Crippen LogP contribution >= 0.6 is 0 Å². The minimum atomic E-state index is -0.411. The summed E-state index contributed by atoms with van der Waals surface area (Å²) < 4.78 is 5.07. The number of esters is 1. The number of benzene rings is 1. The summed E-state index contributed by atoms with van der Waals surface area (Å²) >= 11 is 0. The highest BCUT2D eigenvalue weighted by Crippen LogP contribution is 2.15. The predicted molar refractivity (Wildman–Crippen MR) is 76.6 cm³/mol. The summed E-state index contributed by atoms with van der Waals surface area (Å²) in [5.74, 6) is 0.143. The average Bonchev–Trinajstić information content (AvgIpc) is 2.48. The quantitative estimate of drug-likeness (QED) is 0.805. The molecule has 0 saturated carbocycles. The van der Waals surface area contributed by atoms with Crippen LogP contribution < -0.4 is 4.74 Å². The molecule has 0 aliphatic heterocycles. The molecule has 0 aliphatic rings. The molecule has 1 heterocycles. The number of ether oxygens (including phenoxy) is 1. The molecule has 106 valence electrons. The molecule has 0 amide bonds. The van der Waals surface area contributed by atoms with Gasteiger partial charge in [0.25, 0.3) is 0 Å². The maximum atomic E-state index is 11.8. The van der Waals surface area contributed by atoms with Gasteiger partial charge in [-0.1, -0.05) is 38.1 Å². The molecule has 5 nitrogen and oxygen atoms in total. The van der Waals surface area contributed by atoms with Crippen molar-refractivity contribution in [2.75, 3.05) is 0 Å². The Morgan fingerprint density at radius 1 is 1.19 bits per heavy atom. The standard InChI is InChI=1S/C16H15N3O2/c1-11(2)13-5-3-12(4-6-13)9-16(20)21-15-8-7-14(10-17)18-19-15/h3-8,11H,9H2,1-2H3. The van der Waals surface area contributed by atoms with Crippen LogP contribution in [0.1, 0.15) is 36.6 Å². The summed E-state index contributed by atoms with van der Waals surface area (Å²) in [5, 5.41) is 15.9. The SMILES string of the molecule is CC(C)c1ccc(CC(=O)Oc2ccc(C#N)nn2)cc1. The third kappa shape index (κ3) is 4.11. The van der Waals surface area contributed by atoms with Crippen molar-refractivity contribution in [2.24, 2.45) is 0 Å². The largest absolute Gasteiger partial charge is 0.406 e. The highest BCUT2D eigenvalue weighted by molar-refractivity contribution is 5.74. The van der Waals surface area contributed by atoms with Gasteiger partial charge in [-0.25, -0.2) is 0 Å². The van der Waals surface area contributed by atoms with Crippen LogP contribution in [0.2, 0.25) is 0 Å². The van der Waals surface area contributed by atoms with Crippen molar-refractivity contribution < 1.29 is 9.53 Å². The summed E-state index contributed by atoms with van der Waals surface area (Å²) in [6.45, 7) is 4.24. The van der Waals surface area contributed by atoms with Crippen LogP contribution in [0, 0.1) is 11.3 Å². The fourth-order valence-corrected chi connectivity index (χ4v) is 1.77. The zero-order valence-corrected chi connectivity index (χ0v) is 11.9. The van der Waals surface area contributed by atoms with E-state index in [0.717, 1.165) is 5.56 Å². The van der Waals surface area contributed by atoms with E-state index in [0.29, 0.717) is 5.92 Å². The Morgan fingerprint density at radius 2 is 1.90 bits per heavy atom. The molecule has 0 aliphatic carbocycles. The highest BCUT2D eigenvalue weighted by Gasteiger charge is 2.08. The van der Waals surface area contributed by atoms with Crippen molar-refractivity contribution >= 4 is 5.97 Å². The number of aromatic nitrogens is 2. The zero-order valence-electron chi connectivity index (χ0n) is 11.9. The third-order valence-corrected chi connectivity index (χ3v) is 2.97. The van der Waals surface area contributed by atoms with Gasteiger partial charge in [-0.2, -0.15) is 5.26 Å². The molecule has 2 rings (SSSR count). The van der Waals surface area contributed by atoms with E-state index >= 15 is 0 Å². The molecule has 0 saturated heterocycles. The van der Waals surface area contributed by atoms with E-state index in [9.17, 15) is 4.79 Å². The first kappa shape index (κ1) is 14.7. The van der Waals surface area contributed by atoms with E-state index in [2.05, 4.69) is 24.0 Å². The molecule has 0 unspecified atom stereocenters. The molecule has 0 N–H and O–H groups in total. The van der Waals surface area contributed by atoms with Crippen LogP contribution in [0.25, 0.3) is 0 Å². The first-order valence-corrected chi connectivity index (χ1v) is 6.62. The van der Waals surface area contributed by atoms with Crippen molar-refractivity contribution in [2.45, 2.75) is 26.2 Å². The second kappa shape index (κ2) is 6.62. The minimum absolute atomic E-state index is 0.0952. The maximum absolute atomic E-state index is 11.8. The van der Waals surface area contributed by atoms with Crippen molar-refractivity contribution in [3.05, 3.63) is 53.2 Å². The van der Waals surface area contributed by atoms with Gasteiger partial charge < -0.3 is 4.74 Å². The monoisotopic (exact) mass is 281 g/mol. The number of hydrogen-bond acceptors (Lipinski definition) is 5. The van der Waals surface area contributed by atoms with Crippen LogP contribution in [0.5, 0.6) is 5.88 Å². The maximum Gasteiger partial charge on any atom is 0.317 e. The fraction of sp³-hybridized carbons (Fsp3) is 0.250. The normalized spacial score (nSPS) is 10.2. The van der Waals surface area contributed by atoms with Crippen LogP contribution in [0.3, 0.4) is 0 Å². The van der Waals surface area contributed by atoms with Crippen molar-refractivity contribution in [3.63, 3.8) is 0 Å². The van der Waals surface area contributed by atoms with E-state index in [-0.39, 0.29) is 18.0 Å². The molecule has 0 bridgehead atoms. The van der Waals surface area contributed by atoms with Gasteiger partial charge in [0.2, 0.25) is 5.88 Å². The van der Waals surface area contributed by atoms with E-state index in [1.807, 2.05) is 30.3 Å². The Hall–Kier alpha value is -2.74. The second-order valence-corrected chi connectivity index (χ2v) is 4.92. The molecular weight excluding hydrogens is 266 g/mol. The molecule has 0 atom stereocenters. The first-order valence-electron chi connectivity index (χ1n) is 6.62. The summed E-state index contributed by atoms with van der Waals surface area (Å²) in [7, 11) is 0. The number of carbonyl (C=O) groups excluding carboxylic acids is 1. The summed E-state index contributed by atoms with van der Waals surface area (Å²) in [6.07, 6.45) is 0.167. The van der Waals surface area contributed by atoms with Gasteiger partial charge in [0.05, 0.1) is 6.42 Å². The van der Waals surface area contributed by atoms with Gasteiger partial charge in [0.15, 0.2) is 5.69 Å². The smallest absolute Gasteiger partial charge is 0.317 e. The number of nitrogens with zero attached hydrogens (tertiary/aromatic N) is 3. The Labute approximate surface area is 123 Å². The van der Waals surface area contributed by atoms with Crippen molar-refractivity contribution in [3.8, 4) is 11.9 Å². The molecule has 0 fully saturated rings. The topological polar surface area (TPSA) is 75.9 Å². The molecule has 21 heavy (non-hydrogen) atoms. The first-order chi connectivity index (χ1) is 10.1. The van der Waals surface area contributed by atoms with Gasteiger partial charge >= 0.3 is 5.97 Å². The summed E-state index contributed by atoms with van der Waals surface area (Å²) in [6, 6.07) is 12.6. The average molecular weight is 281 g/mol. The molecule has 5 heteroatoms. The van der Waals surface area contributed by atoms with Gasteiger partial charge in [-0.05, 0) is 23.1 Å². The van der Waals surface area contributed by atoms with Crippen LogP contribution in [-0.2, 0) is 11.2 Å². The number of carbonyl (C=O) groups is 1. The van der Waals surface area contributed by atoms with Crippen molar-refractivity contribution in [1.82, 2.24) is 10.2 Å². The van der Waals surface area contributed by atoms with Crippen molar-refractivity contribution in [1.29, 1.82) is 5.26 Å². The van der Waals surface area contributed by atoms with E-state index in [1.54, 1.807) is 0 Å². The van der Waals surface area contributed by atoms with Gasteiger partial charge in [0.1, 0.15) is 6.07 Å². The molecule has 1 aromatic heterocycles. The zero-order chi connectivity index (χ0) is 15.2. The van der Waals surface area contributed by atoms with E-state index in [1.165, 1.54) is 17.7 Å². The molecule has 0 spiro atoms. The van der Waals surface area contributed by atoms with Crippen LogP contribution in [0.15, 0.2) is 36.4 Å². The fourth-order valence-electron chi connectivity index (χ4n) is 1.77. The summed E-state index contributed by atoms with van der Waals surface area (Å²) in [5.41, 5.74) is 2.29. The number of rotatable bonds is 4. The van der Waals surface area contributed by atoms with Gasteiger partial charge in [-0.3, -0.25) is 4.79 Å². The lowest BCUT2D eigenvalue weighted by atomic mass is 10.0. The Morgan fingerprint density at radius 3 is 2.43 bits per heavy atom. The molecule has 1 aromatic carbocycles. The molecular formula is C16H15N3O2. The van der Waals surface area contributed by atoms with Crippen LogP contribution in [0.4, 0.5) is 0 Å². The lowest BCUT2D eigenvalue weighted by molar-refractivity contribution is -0.133. The van der Waals surface area contributed by atoms with Gasteiger partial charge in [-0.15, -0.1) is 10.2 Å². The van der Waals surface area contributed by atoms with E-state index < -0.39 is 5.97 Å². The predicted octanol–water partition coefficient (Wildman–Crippen LogP) is 2.62.